The standard InChI is InChI=1S/C16H19NO/c1-13(15-8-10-16(18-2)11-9-15)17-12-14-6-4-3-5-7-14/h3-11,13,17H,12H2,1-2H3/p+1/t13-/m1/s1. The first-order valence-corrected chi connectivity index (χ1v) is 6.31. The predicted molar refractivity (Wildman–Crippen MR) is 73.5 cm³/mol. The fraction of sp³-hybridized carbons (Fsp3) is 0.250. The van der Waals surface area contributed by atoms with Gasteiger partial charge in [-0.1, -0.05) is 30.3 Å². The quantitative estimate of drug-likeness (QED) is 0.856. The summed E-state index contributed by atoms with van der Waals surface area (Å²) in [6.45, 7) is 3.23. The van der Waals surface area contributed by atoms with Gasteiger partial charge >= 0.3 is 0 Å². The molecule has 0 unspecified atom stereocenters. The Morgan fingerprint density at radius 2 is 1.67 bits per heavy atom. The van der Waals surface area contributed by atoms with E-state index in [1.807, 2.05) is 12.1 Å². The lowest BCUT2D eigenvalue weighted by molar-refractivity contribution is -0.707. The van der Waals surface area contributed by atoms with Crippen LogP contribution in [-0.4, -0.2) is 7.11 Å². The molecule has 0 aromatic heterocycles. The Kier molecular flexibility index (Phi) is 4.37. The van der Waals surface area contributed by atoms with Crippen molar-refractivity contribution in [3.05, 3.63) is 65.7 Å². The number of nitrogens with two attached hydrogens (primary N) is 1. The Morgan fingerprint density at radius 3 is 2.28 bits per heavy atom. The molecule has 0 heterocycles. The lowest BCUT2D eigenvalue weighted by Gasteiger charge is -2.11. The molecule has 0 fully saturated rings. The van der Waals surface area contributed by atoms with Crippen molar-refractivity contribution in [2.24, 2.45) is 0 Å². The highest BCUT2D eigenvalue weighted by atomic mass is 16.5. The van der Waals surface area contributed by atoms with E-state index in [2.05, 4.69) is 54.7 Å². The third-order valence-corrected chi connectivity index (χ3v) is 3.19. The molecule has 0 saturated heterocycles. The lowest BCUT2D eigenvalue weighted by Crippen LogP contribution is -2.83. The molecule has 1 atom stereocenters. The minimum Gasteiger partial charge on any atom is -0.497 e. The number of benzene rings is 2. The van der Waals surface area contributed by atoms with Gasteiger partial charge in [0, 0.05) is 11.1 Å². The summed E-state index contributed by atoms with van der Waals surface area (Å²) in [7, 11) is 1.69. The van der Waals surface area contributed by atoms with Crippen LogP contribution in [-0.2, 0) is 6.54 Å². The Hall–Kier alpha value is -1.80. The highest BCUT2D eigenvalue weighted by molar-refractivity contribution is 5.28. The van der Waals surface area contributed by atoms with Gasteiger partial charge in [0.1, 0.15) is 18.3 Å². The van der Waals surface area contributed by atoms with Crippen molar-refractivity contribution in [2.45, 2.75) is 19.5 Å². The fourth-order valence-electron chi connectivity index (χ4n) is 1.97. The van der Waals surface area contributed by atoms with Gasteiger partial charge in [0.05, 0.1) is 7.11 Å². The molecule has 0 aliphatic rings. The van der Waals surface area contributed by atoms with Crippen LogP contribution in [0.25, 0.3) is 0 Å². The SMILES string of the molecule is COc1ccc([C@@H](C)[NH2+]Cc2ccccc2)cc1. The topological polar surface area (TPSA) is 25.8 Å². The summed E-state index contributed by atoms with van der Waals surface area (Å²) in [6, 6.07) is 19.3. The molecule has 18 heavy (non-hydrogen) atoms. The van der Waals surface area contributed by atoms with Crippen LogP contribution >= 0.6 is 0 Å². The molecule has 0 aliphatic carbocycles. The number of ether oxygens (including phenoxy) is 1. The van der Waals surface area contributed by atoms with Crippen LogP contribution in [0.3, 0.4) is 0 Å². The molecular weight excluding hydrogens is 222 g/mol. The Bertz CT molecular complexity index is 464. The summed E-state index contributed by atoms with van der Waals surface area (Å²) in [5.74, 6) is 0.911. The summed E-state index contributed by atoms with van der Waals surface area (Å²) in [5, 5.41) is 2.34. The molecule has 0 aliphatic heterocycles. The lowest BCUT2D eigenvalue weighted by atomic mass is 10.1. The maximum atomic E-state index is 5.17. The van der Waals surface area contributed by atoms with Crippen LogP contribution < -0.4 is 10.1 Å². The maximum absolute atomic E-state index is 5.17. The minimum atomic E-state index is 0.455. The molecule has 0 bridgehead atoms. The third-order valence-electron chi connectivity index (χ3n) is 3.19. The molecule has 0 amide bonds. The molecular formula is C16H20NO+. The first kappa shape index (κ1) is 12.7. The normalized spacial score (nSPS) is 12.1. The zero-order valence-corrected chi connectivity index (χ0v) is 11.0. The van der Waals surface area contributed by atoms with Crippen LogP contribution in [0.5, 0.6) is 5.75 Å². The summed E-state index contributed by atoms with van der Waals surface area (Å²) in [5.41, 5.74) is 2.68. The van der Waals surface area contributed by atoms with Gasteiger partial charge in [0.25, 0.3) is 0 Å². The van der Waals surface area contributed by atoms with Crippen molar-refractivity contribution in [3.8, 4) is 5.75 Å². The molecule has 0 saturated carbocycles. The van der Waals surface area contributed by atoms with Crippen molar-refractivity contribution in [3.63, 3.8) is 0 Å². The molecule has 94 valence electrons. The Morgan fingerprint density at radius 1 is 1.00 bits per heavy atom. The fourth-order valence-corrected chi connectivity index (χ4v) is 1.97. The number of quaternary nitrogens is 1. The van der Waals surface area contributed by atoms with Crippen LogP contribution in [0.4, 0.5) is 0 Å². The van der Waals surface area contributed by atoms with Crippen LogP contribution in [0.1, 0.15) is 24.1 Å². The average Bonchev–Trinajstić information content (AvgIpc) is 2.46. The van der Waals surface area contributed by atoms with Gasteiger partial charge in [-0.3, -0.25) is 0 Å². The van der Waals surface area contributed by atoms with E-state index in [0.717, 1.165) is 12.3 Å². The summed E-state index contributed by atoms with van der Waals surface area (Å²) in [4.78, 5) is 0. The number of rotatable bonds is 5. The highest BCUT2D eigenvalue weighted by Crippen LogP contribution is 2.14. The maximum Gasteiger partial charge on any atom is 0.118 e. The van der Waals surface area contributed by atoms with E-state index in [0.29, 0.717) is 6.04 Å². The monoisotopic (exact) mass is 242 g/mol. The number of hydrogen-bond donors (Lipinski definition) is 1. The van der Waals surface area contributed by atoms with E-state index >= 15 is 0 Å². The molecule has 2 aromatic rings. The summed E-state index contributed by atoms with van der Waals surface area (Å²) >= 11 is 0. The second kappa shape index (κ2) is 6.22. The van der Waals surface area contributed by atoms with E-state index < -0.39 is 0 Å². The molecule has 2 rings (SSSR count). The second-order valence-electron chi connectivity index (χ2n) is 4.49. The van der Waals surface area contributed by atoms with Gasteiger partial charge in [0.15, 0.2) is 0 Å². The van der Waals surface area contributed by atoms with Crippen LogP contribution in [0.2, 0.25) is 0 Å². The van der Waals surface area contributed by atoms with Gasteiger partial charge in [-0.05, 0) is 31.2 Å². The Labute approximate surface area is 109 Å². The van der Waals surface area contributed by atoms with E-state index in [1.165, 1.54) is 11.1 Å². The van der Waals surface area contributed by atoms with Crippen molar-refractivity contribution in [2.75, 3.05) is 7.11 Å². The van der Waals surface area contributed by atoms with E-state index in [4.69, 9.17) is 4.74 Å². The van der Waals surface area contributed by atoms with Gasteiger partial charge in [-0.15, -0.1) is 0 Å². The zero-order valence-electron chi connectivity index (χ0n) is 11.0. The average molecular weight is 242 g/mol. The molecule has 2 nitrogen and oxygen atoms in total. The van der Waals surface area contributed by atoms with Crippen molar-refractivity contribution < 1.29 is 10.1 Å². The van der Waals surface area contributed by atoms with Gasteiger partial charge < -0.3 is 10.1 Å². The first-order valence-electron chi connectivity index (χ1n) is 6.31. The van der Waals surface area contributed by atoms with E-state index in [9.17, 15) is 0 Å². The first-order chi connectivity index (χ1) is 8.79. The summed E-state index contributed by atoms with van der Waals surface area (Å²) in [6.07, 6.45) is 0. The molecule has 2 aromatic carbocycles. The molecule has 2 N–H and O–H groups in total. The number of hydrogen-bond acceptors (Lipinski definition) is 1. The van der Waals surface area contributed by atoms with Gasteiger partial charge in [-0.25, -0.2) is 0 Å². The van der Waals surface area contributed by atoms with E-state index in [-0.39, 0.29) is 0 Å². The van der Waals surface area contributed by atoms with Crippen LogP contribution in [0, 0.1) is 0 Å². The summed E-state index contributed by atoms with van der Waals surface area (Å²) < 4.78 is 5.17. The van der Waals surface area contributed by atoms with Crippen molar-refractivity contribution >= 4 is 0 Å². The van der Waals surface area contributed by atoms with Gasteiger partial charge in [0.2, 0.25) is 0 Å². The zero-order chi connectivity index (χ0) is 12.8. The van der Waals surface area contributed by atoms with Crippen molar-refractivity contribution in [1.82, 2.24) is 0 Å². The highest BCUT2D eigenvalue weighted by Gasteiger charge is 2.08. The second-order valence-corrected chi connectivity index (χ2v) is 4.49. The van der Waals surface area contributed by atoms with Crippen molar-refractivity contribution in [1.29, 1.82) is 0 Å². The van der Waals surface area contributed by atoms with E-state index in [1.54, 1.807) is 7.11 Å². The molecule has 2 heteroatoms. The predicted octanol–water partition coefficient (Wildman–Crippen LogP) is 2.52. The Balaban J connectivity index is 1.93. The van der Waals surface area contributed by atoms with Crippen LogP contribution in [0.15, 0.2) is 54.6 Å². The third kappa shape index (κ3) is 3.34. The minimum absolute atomic E-state index is 0.455. The molecule has 0 radical (unpaired) electrons. The molecule has 0 spiro atoms. The smallest absolute Gasteiger partial charge is 0.118 e. The van der Waals surface area contributed by atoms with Gasteiger partial charge in [-0.2, -0.15) is 0 Å². The largest absolute Gasteiger partial charge is 0.497 e. The number of methoxy groups -OCH3 is 1.